The highest BCUT2D eigenvalue weighted by Crippen LogP contribution is 2.25. The molecule has 1 aromatic heterocycles. The predicted molar refractivity (Wildman–Crippen MR) is 103 cm³/mol. The first-order valence-electron chi connectivity index (χ1n) is 8.14. The summed E-state index contributed by atoms with van der Waals surface area (Å²) in [4.78, 5) is 0. The number of nitrogens with zero attached hydrogens (tertiary/aromatic N) is 3. The van der Waals surface area contributed by atoms with E-state index in [4.69, 9.17) is 16.3 Å². The first-order valence-corrected chi connectivity index (χ1v) is 9.50. The highest BCUT2D eigenvalue weighted by molar-refractivity contribution is 7.99. The number of hydrogen-bond acceptors (Lipinski definition) is 4. The molecule has 1 heterocycles. The van der Waals surface area contributed by atoms with Crippen molar-refractivity contribution in [3.63, 3.8) is 0 Å². The van der Waals surface area contributed by atoms with Crippen LogP contribution in [0.4, 0.5) is 0 Å². The Morgan fingerprint density at radius 3 is 2.44 bits per heavy atom. The molecule has 0 aliphatic heterocycles. The van der Waals surface area contributed by atoms with Gasteiger partial charge in [-0.25, -0.2) is 0 Å². The Kier molecular flexibility index (Phi) is 6.00. The molecule has 25 heavy (non-hydrogen) atoms. The maximum Gasteiger partial charge on any atom is 0.195 e. The molecule has 3 aromatic rings. The summed E-state index contributed by atoms with van der Waals surface area (Å²) < 4.78 is 7.92. The van der Waals surface area contributed by atoms with Gasteiger partial charge in [-0.1, -0.05) is 55.4 Å². The summed E-state index contributed by atoms with van der Waals surface area (Å²) >= 11 is 7.62. The van der Waals surface area contributed by atoms with Gasteiger partial charge in [0, 0.05) is 16.5 Å². The fourth-order valence-electron chi connectivity index (χ4n) is 2.24. The van der Waals surface area contributed by atoms with Crippen molar-refractivity contribution in [3.05, 3.63) is 65.4 Å². The van der Waals surface area contributed by atoms with Crippen LogP contribution < -0.4 is 4.74 Å². The monoisotopic (exact) mass is 373 g/mol. The van der Waals surface area contributed by atoms with Crippen LogP contribution >= 0.6 is 23.4 Å². The van der Waals surface area contributed by atoms with E-state index in [1.165, 1.54) is 0 Å². The van der Waals surface area contributed by atoms with Crippen LogP contribution in [0.3, 0.4) is 0 Å². The Bertz CT molecular complexity index is 803. The minimum absolute atomic E-state index is 0.339. The predicted octanol–water partition coefficient (Wildman–Crippen LogP) is 5.25. The molecule has 0 radical (unpaired) electrons. The summed E-state index contributed by atoms with van der Waals surface area (Å²) in [6, 6.07) is 17.4. The molecule has 0 amide bonds. The third-order valence-corrected chi connectivity index (χ3v) is 5.05. The van der Waals surface area contributed by atoms with Crippen LogP contribution in [0.15, 0.2) is 59.8 Å². The zero-order valence-corrected chi connectivity index (χ0v) is 15.8. The second-order valence-electron chi connectivity index (χ2n) is 6.02. The molecule has 0 aliphatic carbocycles. The number of aromatic nitrogens is 3. The van der Waals surface area contributed by atoms with Gasteiger partial charge in [0.1, 0.15) is 12.4 Å². The number of thioether (sulfide) groups is 1. The third kappa shape index (κ3) is 4.77. The average molecular weight is 374 g/mol. The van der Waals surface area contributed by atoms with E-state index >= 15 is 0 Å². The number of hydrogen-bond donors (Lipinski definition) is 0. The van der Waals surface area contributed by atoms with Crippen LogP contribution in [0.1, 0.15) is 19.7 Å². The van der Waals surface area contributed by atoms with Gasteiger partial charge < -0.3 is 4.74 Å². The molecule has 0 aliphatic rings. The molecule has 0 N–H and O–H groups in total. The van der Waals surface area contributed by atoms with Crippen molar-refractivity contribution in [2.75, 3.05) is 5.75 Å². The lowest BCUT2D eigenvalue weighted by Crippen LogP contribution is -2.07. The fourth-order valence-corrected chi connectivity index (χ4v) is 3.29. The highest BCUT2D eigenvalue weighted by atomic mass is 35.5. The number of halogens is 1. The molecular weight excluding hydrogens is 354 g/mol. The number of rotatable bonds is 7. The second kappa shape index (κ2) is 8.41. The maximum atomic E-state index is 5.91. The van der Waals surface area contributed by atoms with Crippen LogP contribution in [0.5, 0.6) is 5.75 Å². The smallest absolute Gasteiger partial charge is 0.195 e. The normalized spacial score (nSPS) is 11.0. The lowest BCUT2D eigenvalue weighted by Gasteiger charge is -2.11. The zero-order chi connectivity index (χ0) is 17.6. The van der Waals surface area contributed by atoms with E-state index in [2.05, 4.69) is 40.7 Å². The van der Waals surface area contributed by atoms with E-state index in [-0.39, 0.29) is 0 Å². The number of para-hydroxylation sites is 1. The first-order chi connectivity index (χ1) is 12.1. The Balaban J connectivity index is 1.84. The van der Waals surface area contributed by atoms with Crippen LogP contribution in [0.25, 0.3) is 5.69 Å². The van der Waals surface area contributed by atoms with Gasteiger partial charge in [0.2, 0.25) is 0 Å². The molecule has 3 rings (SSSR count). The summed E-state index contributed by atoms with van der Waals surface area (Å²) in [5.41, 5.74) is 1.04. The third-order valence-electron chi connectivity index (χ3n) is 3.44. The lowest BCUT2D eigenvalue weighted by atomic mass is 10.3. The molecule has 0 unspecified atom stereocenters. The van der Waals surface area contributed by atoms with Crippen molar-refractivity contribution in [2.24, 2.45) is 5.92 Å². The van der Waals surface area contributed by atoms with Gasteiger partial charge >= 0.3 is 0 Å². The molecule has 6 heteroatoms. The van der Waals surface area contributed by atoms with Gasteiger partial charge in [-0.3, -0.25) is 4.57 Å². The van der Waals surface area contributed by atoms with Gasteiger partial charge in [0.15, 0.2) is 11.0 Å². The van der Waals surface area contributed by atoms with E-state index in [1.54, 1.807) is 11.8 Å². The Morgan fingerprint density at radius 1 is 1.04 bits per heavy atom. The maximum absolute atomic E-state index is 5.91. The standard InChI is InChI=1S/C19H20ClN3OS/c1-14(2)13-25-19-22-21-18(23(19)16-6-4-3-5-7-16)12-24-17-10-8-15(20)9-11-17/h3-11,14H,12-13H2,1-2H3. The zero-order valence-electron chi connectivity index (χ0n) is 14.2. The summed E-state index contributed by atoms with van der Waals surface area (Å²) in [6.07, 6.45) is 0. The number of ether oxygens (including phenoxy) is 1. The van der Waals surface area contributed by atoms with Crippen LogP contribution in [0, 0.1) is 5.92 Å². The van der Waals surface area contributed by atoms with Gasteiger partial charge in [-0.2, -0.15) is 0 Å². The molecule has 4 nitrogen and oxygen atoms in total. The molecule has 0 spiro atoms. The van der Waals surface area contributed by atoms with Crippen LogP contribution in [0.2, 0.25) is 5.02 Å². The molecule has 0 bridgehead atoms. The Morgan fingerprint density at radius 2 is 1.76 bits per heavy atom. The van der Waals surface area contributed by atoms with E-state index in [1.807, 2.05) is 42.5 Å². The Hall–Kier alpha value is -1.98. The van der Waals surface area contributed by atoms with Crippen molar-refractivity contribution in [1.82, 2.24) is 14.8 Å². The lowest BCUT2D eigenvalue weighted by molar-refractivity contribution is 0.293. The highest BCUT2D eigenvalue weighted by Gasteiger charge is 2.15. The topological polar surface area (TPSA) is 39.9 Å². The van der Waals surface area contributed by atoms with Gasteiger partial charge in [0.25, 0.3) is 0 Å². The van der Waals surface area contributed by atoms with E-state index in [0.29, 0.717) is 17.5 Å². The summed E-state index contributed by atoms with van der Waals surface area (Å²) in [7, 11) is 0. The van der Waals surface area contributed by atoms with Crippen molar-refractivity contribution in [3.8, 4) is 11.4 Å². The Labute approximate surface area is 157 Å². The van der Waals surface area contributed by atoms with Crippen molar-refractivity contribution in [1.29, 1.82) is 0 Å². The largest absolute Gasteiger partial charge is 0.486 e. The quantitative estimate of drug-likeness (QED) is 0.530. The first kappa shape index (κ1) is 17.8. The summed E-state index contributed by atoms with van der Waals surface area (Å²) in [5.74, 6) is 3.10. The SMILES string of the molecule is CC(C)CSc1nnc(COc2ccc(Cl)cc2)n1-c1ccccc1. The minimum atomic E-state index is 0.339. The van der Waals surface area contributed by atoms with Crippen molar-refractivity contribution in [2.45, 2.75) is 25.6 Å². The van der Waals surface area contributed by atoms with E-state index in [9.17, 15) is 0 Å². The van der Waals surface area contributed by atoms with Crippen molar-refractivity contribution >= 4 is 23.4 Å². The molecular formula is C19H20ClN3OS. The van der Waals surface area contributed by atoms with Crippen molar-refractivity contribution < 1.29 is 4.74 Å². The fraction of sp³-hybridized carbons (Fsp3) is 0.263. The molecule has 0 saturated heterocycles. The summed E-state index contributed by atoms with van der Waals surface area (Å²) in [5, 5.41) is 10.3. The van der Waals surface area contributed by atoms with Crippen LogP contribution in [-0.2, 0) is 6.61 Å². The van der Waals surface area contributed by atoms with Gasteiger partial charge in [0.05, 0.1) is 0 Å². The molecule has 0 atom stereocenters. The van der Waals surface area contributed by atoms with Gasteiger partial charge in [-0.05, 0) is 42.3 Å². The van der Waals surface area contributed by atoms with E-state index in [0.717, 1.165) is 28.2 Å². The average Bonchev–Trinajstić information content (AvgIpc) is 3.03. The molecule has 0 saturated carbocycles. The molecule has 2 aromatic carbocycles. The number of benzene rings is 2. The van der Waals surface area contributed by atoms with Crippen LogP contribution in [-0.4, -0.2) is 20.5 Å². The molecule has 130 valence electrons. The van der Waals surface area contributed by atoms with E-state index < -0.39 is 0 Å². The minimum Gasteiger partial charge on any atom is -0.486 e. The second-order valence-corrected chi connectivity index (χ2v) is 7.44. The summed E-state index contributed by atoms with van der Waals surface area (Å²) in [6.45, 7) is 4.73. The molecule has 0 fully saturated rings. The van der Waals surface area contributed by atoms with Gasteiger partial charge in [-0.15, -0.1) is 10.2 Å².